The molecule has 5 heteroatoms. The van der Waals surface area contributed by atoms with Gasteiger partial charge in [-0.1, -0.05) is 18.7 Å². The summed E-state index contributed by atoms with van der Waals surface area (Å²) in [6.45, 7) is 3.42. The summed E-state index contributed by atoms with van der Waals surface area (Å²) in [6, 6.07) is 5.02. The Hall–Kier alpha value is -2.43. The van der Waals surface area contributed by atoms with Crippen molar-refractivity contribution in [2.75, 3.05) is 6.61 Å². The van der Waals surface area contributed by atoms with Gasteiger partial charge in [0.2, 0.25) is 0 Å². The molecule has 0 radical (unpaired) electrons. The van der Waals surface area contributed by atoms with Gasteiger partial charge in [-0.2, -0.15) is 0 Å². The molecule has 2 rings (SSSR count). The molecule has 1 aromatic rings. The Morgan fingerprint density at radius 1 is 1.33 bits per heavy atom. The van der Waals surface area contributed by atoms with Crippen LogP contribution in [0.5, 0.6) is 0 Å². The number of fused-ring (bicyclic) bond motifs is 1. The van der Waals surface area contributed by atoms with Gasteiger partial charge in [0.15, 0.2) is 0 Å². The number of hydrogen-bond acceptors (Lipinski definition) is 4. The van der Waals surface area contributed by atoms with Crippen molar-refractivity contribution in [3.63, 3.8) is 0 Å². The fraction of sp³-hybridized carbons (Fsp3) is 0.154. The summed E-state index contributed by atoms with van der Waals surface area (Å²) < 4.78 is 4.84. The summed E-state index contributed by atoms with van der Waals surface area (Å²) in [5, 5.41) is 2.23. The van der Waals surface area contributed by atoms with E-state index in [0.717, 1.165) is 6.08 Å². The zero-order valence-corrected chi connectivity index (χ0v) is 9.56. The van der Waals surface area contributed by atoms with Crippen LogP contribution in [0.4, 0.5) is 0 Å². The quantitative estimate of drug-likeness (QED) is 0.484. The lowest BCUT2D eigenvalue weighted by molar-refractivity contribution is -0.137. The van der Waals surface area contributed by atoms with Crippen LogP contribution in [0.25, 0.3) is 0 Å². The van der Waals surface area contributed by atoms with Crippen LogP contribution in [0.1, 0.15) is 26.3 Å². The van der Waals surface area contributed by atoms with Crippen LogP contribution in [0, 0.1) is 0 Å². The monoisotopic (exact) mass is 245 g/mol. The first-order valence-electron chi connectivity index (χ1n) is 5.40. The van der Waals surface area contributed by atoms with Crippen molar-refractivity contribution in [3.8, 4) is 0 Å². The number of ether oxygens (including phenoxy) is 1. The van der Waals surface area contributed by atoms with E-state index in [1.807, 2.05) is 0 Å². The molecule has 5 nitrogen and oxygen atoms in total. The lowest BCUT2D eigenvalue weighted by Gasteiger charge is -2.05. The van der Waals surface area contributed by atoms with Gasteiger partial charge < -0.3 is 4.74 Å². The van der Waals surface area contributed by atoms with Crippen LogP contribution in [-0.2, 0) is 16.0 Å². The average Bonchev–Trinajstić information content (AvgIpc) is 2.66. The van der Waals surface area contributed by atoms with E-state index in [-0.39, 0.29) is 12.5 Å². The minimum absolute atomic E-state index is 0.142. The normalized spacial score (nSPS) is 12.9. The molecule has 1 aromatic carbocycles. The smallest absolute Gasteiger partial charge is 0.330 e. The number of benzene rings is 1. The minimum Gasteiger partial charge on any atom is -0.462 e. The van der Waals surface area contributed by atoms with Crippen LogP contribution in [0.15, 0.2) is 30.9 Å². The van der Waals surface area contributed by atoms with E-state index in [9.17, 15) is 14.4 Å². The Morgan fingerprint density at radius 2 is 2.11 bits per heavy atom. The van der Waals surface area contributed by atoms with Crippen molar-refractivity contribution in [1.82, 2.24) is 5.32 Å². The third-order valence-electron chi connectivity index (χ3n) is 2.63. The van der Waals surface area contributed by atoms with Crippen LogP contribution in [0.3, 0.4) is 0 Å². The van der Waals surface area contributed by atoms with E-state index in [1.165, 1.54) is 0 Å². The molecule has 1 N–H and O–H groups in total. The summed E-state index contributed by atoms with van der Waals surface area (Å²) in [5.74, 6) is -1.30. The van der Waals surface area contributed by atoms with E-state index in [2.05, 4.69) is 11.9 Å². The molecule has 2 amide bonds. The van der Waals surface area contributed by atoms with Crippen LogP contribution in [0.2, 0.25) is 0 Å². The predicted molar refractivity (Wildman–Crippen MR) is 63.1 cm³/mol. The highest BCUT2D eigenvalue weighted by atomic mass is 16.5. The molecule has 18 heavy (non-hydrogen) atoms. The number of carbonyl (C=O) groups is 3. The third kappa shape index (κ3) is 2.15. The van der Waals surface area contributed by atoms with Gasteiger partial charge in [-0.05, 0) is 11.6 Å². The molecule has 0 unspecified atom stereocenters. The molecule has 1 aliphatic heterocycles. The summed E-state index contributed by atoms with van der Waals surface area (Å²) in [4.78, 5) is 33.9. The van der Waals surface area contributed by atoms with E-state index in [1.54, 1.807) is 18.2 Å². The number of nitrogens with one attached hydrogen (secondary N) is 1. The molecular formula is C13H11NO4. The van der Waals surface area contributed by atoms with Gasteiger partial charge >= 0.3 is 5.97 Å². The molecule has 0 aromatic heterocycles. The maximum atomic E-state index is 11.6. The predicted octanol–water partition coefficient (Wildman–Crippen LogP) is 0.842. The van der Waals surface area contributed by atoms with Crippen LogP contribution < -0.4 is 5.32 Å². The van der Waals surface area contributed by atoms with Gasteiger partial charge in [-0.25, -0.2) is 4.79 Å². The molecule has 1 aliphatic rings. The fourth-order valence-electron chi connectivity index (χ4n) is 1.82. The molecule has 1 heterocycles. The van der Waals surface area contributed by atoms with Gasteiger partial charge in [-0.3, -0.25) is 14.9 Å². The second kappa shape index (κ2) is 4.83. The summed E-state index contributed by atoms with van der Waals surface area (Å²) in [6.07, 6.45) is 1.45. The van der Waals surface area contributed by atoms with Crippen molar-refractivity contribution < 1.29 is 19.1 Å². The van der Waals surface area contributed by atoms with E-state index in [0.29, 0.717) is 23.1 Å². The number of imide groups is 1. The average molecular weight is 245 g/mol. The third-order valence-corrected chi connectivity index (χ3v) is 2.63. The van der Waals surface area contributed by atoms with E-state index < -0.39 is 11.9 Å². The Morgan fingerprint density at radius 3 is 2.83 bits per heavy atom. The number of esters is 1. The molecule has 0 fully saturated rings. The molecule has 0 aliphatic carbocycles. The Kier molecular flexibility index (Phi) is 3.23. The lowest BCUT2D eigenvalue weighted by Crippen LogP contribution is -2.20. The summed E-state index contributed by atoms with van der Waals surface area (Å²) >= 11 is 0. The Balaban J connectivity index is 2.15. The number of amides is 2. The molecule has 0 saturated heterocycles. The molecule has 0 atom stereocenters. The maximum absolute atomic E-state index is 11.6. The lowest BCUT2D eigenvalue weighted by atomic mass is 10.0. The summed E-state index contributed by atoms with van der Waals surface area (Å²) in [7, 11) is 0. The summed E-state index contributed by atoms with van der Waals surface area (Å²) in [5.41, 5.74) is 1.43. The molecule has 0 saturated carbocycles. The fourth-order valence-corrected chi connectivity index (χ4v) is 1.82. The topological polar surface area (TPSA) is 72.5 Å². The zero-order valence-electron chi connectivity index (χ0n) is 9.56. The van der Waals surface area contributed by atoms with Crippen molar-refractivity contribution >= 4 is 17.8 Å². The molecule has 92 valence electrons. The second-order valence-electron chi connectivity index (χ2n) is 3.74. The highest BCUT2D eigenvalue weighted by Crippen LogP contribution is 2.20. The maximum Gasteiger partial charge on any atom is 0.330 e. The molecule has 0 spiro atoms. The highest BCUT2D eigenvalue weighted by molar-refractivity contribution is 6.22. The number of hydrogen-bond donors (Lipinski definition) is 1. The Labute approximate surface area is 103 Å². The molecular weight excluding hydrogens is 234 g/mol. The van der Waals surface area contributed by atoms with Gasteiger partial charge in [0.1, 0.15) is 0 Å². The van der Waals surface area contributed by atoms with Crippen molar-refractivity contribution in [3.05, 3.63) is 47.5 Å². The van der Waals surface area contributed by atoms with Crippen molar-refractivity contribution in [2.24, 2.45) is 0 Å². The number of carbonyl (C=O) groups excluding carboxylic acids is 3. The second-order valence-corrected chi connectivity index (χ2v) is 3.74. The van der Waals surface area contributed by atoms with E-state index >= 15 is 0 Å². The largest absolute Gasteiger partial charge is 0.462 e. The number of rotatable bonds is 4. The molecule has 0 bridgehead atoms. The van der Waals surface area contributed by atoms with Crippen molar-refractivity contribution in [1.29, 1.82) is 0 Å². The zero-order chi connectivity index (χ0) is 13.1. The van der Waals surface area contributed by atoms with Crippen molar-refractivity contribution in [2.45, 2.75) is 6.42 Å². The Bertz CT molecular complexity index is 548. The van der Waals surface area contributed by atoms with Gasteiger partial charge in [0.05, 0.1) is 17.7 Å². The highest BCUT2D eigenvalue weighted by Gasteiger charge is 2.28. The van der Waals surface area contributed by atoms with E-state index in [4.69, 9.17) is 4.74 Å². The first kappa shape index (κ1) is 12.0. The SMILES string of the molecule is C=CC(=O)OCCc1cccc2c1C(=O)NC2=O. The van der Waals surface area contributed by atoms with Crippen LogP contribution in [-0.4, -0.2) is 24.4 Å². The first-order valence-corrected chi connectivity index (χ1v) is 5.40. The minimum atomic E-state index is -0.511. The van der Waals surface area contributed by atoms with Gasteiger partial charge in [0, 0.05) is 12.5 Å². The van der Waals surface area contributed by atoms with Gasteiger partial charge in [-0.15, -0.1) is 0 Å². The van der Waals surface area contributed by atoms with Crippen LogP contribution >= 0.6 is 0 Å². The first-order chi connectivity index (χ1) is 8.63. The standard InChI is InChI=1S/C13H11NO4/c1-2-10(15)18-7-6-8-4-3-5-9-11(8)13(17)14-12(9)16/h2-5H,1,6-7H2,(H,14,16,17). The van der Waals surface area contributed by atoms with Gasteiger partial charge in [0.25, 0.3) is 11.8 Å².